The van der Waals surface area contributed by atoms with E-state index >= 15 is 0 Å². The molecule has 0 amide bonds. The lowest BCUT2D eigenvalue weighted by molar-refractivity contribution is 0.0858. The summed E-state index contributed by atoms with van der Waals surface area (Å²) in [6, 6.07) is 0. The third-order valence-electron chi connectivity index (χ3n) is 2.72. The minimum absolute atomic E-state index is 0.0999. The molecule has 0 aliphatic rings. The van der Waals surface area contributed by atoms with Gasteiger partial charge in [-0.2, -0.15) is 0 Å². The molecule has 3 nitrogen and oxygen atoms in total. The molecule has 0 bridgehead atoms. The Labute approximate surface area is 86.8 Å². The fourth-order valence-electron chi connectivity index (χ4n) is 1.82. The minimum Gasteiger partial charge on any atom is -0.396 e. The topological polar surface area (TPSA) is 60.7 Å². The van der Waals surface area contributed by atoms with E-state index in [4.69, 9.17) is 10.2 Å². The maximum Gasteiger partial charge on any atom is 0.0484 e. The van der Waals surface area contributed by atoms with Crippen LogP contribution in [0, 0.1) is 11.3 Å². The number of aliphatic hydroxyl groups is 3. The lowest BCUT2D eigenvalue weighted by Gasteiger charge is -2.29. The Hall–Kier alpha value is -0.120. The first-order valence-electron chi connectivity index (χ1n) is 5.40. The Morgan fingerprint density at radius 3 is 2.21 bits per heavy atom. The van der Waals surface area contributed by atoms with Gasteiger partial charge in [-0.25, -0.2) is 0 Å². The summed E-state index contributed by atoms with van der Waals surface area (Å²) in [5, 5.41) is 26.9. The average molecular weight is 204 g/mol. The fourth-order valence-corrected chi connectivity index (χ4v) is 1.82. The highest BCUT2D eigenvalue weighted by molar-refractivity contribution is 4.75. The second-order valence-corrected chi connectivity index (χ2v) is 4.64. The summed E-state index contributed by atoms with van der Waals surface area (Å²) < 4.78 is 0. The van der Waals surface area contributed by atoms with Gasteiger partial charge in [0.15, 0.2) is 0 Å². The molecule has 0 aromatic heterocycles. The lowest BCUT2D eigenvalue weighted by Crippen LogP contribution is -2.25. The van der Waals surface area contributed by atoms with E-state index in [2.05, 4.69) is 0 Å². The van der Waals surface area contributed by atoms with E-state index in [1.165, 1.54) is 0 Å². The lowest BCUT2D eigenvalue weighted by atomic mass is 9.78. The van der Waals surface area contributed by atoms with Crippen LogP contribution in [-0.2, 0) is 0 Å². The smallest absolute Gasteiger partial charge is 0.0484 e. The summed E-state index contributed by atoms with van der Waals surface area (Å²) in [6.45, 7) is 4.58. The summed E-state index contributed by atoms with van der Waals surface area (Å²) in [7, 11) is 0. The molecule has 0 aliphatic carbocycles. The van der Waals surface area contributed by atoms with E-state index in [-0.39, 0.29) is 31.2 Å². The van der Waals surface area contributed by atoms with Gasteiger partial charge in [0.2, 0.25) is 0 Å². The van der Waals surface area contributed by atoms with E-state index < -0.39 is 0 Å². The predicted octanol–water partition coefficient (Wildman–Crippen LogP) is 1.17. The van der Waals surface area contributed by atoms with Gasteiger partial charge in [0.1, 0.15) is 0 Å². The zero-order valence-corrected chi connectivity index (χ0v) is 9.37. The van der Waals surface area contributed by atoms with Crippen molar-refractivity contribution in [1.82, 2.24) is 0 Å². The van der Waals surface area contributed by atoms with Crippen LogP contribution in [0.1, 0.15) is 39.5 Å². The van der Waals surface area contributed by atoms with Gasteiger partial charge in [-0.15, -0.1) is 0 Å². The number of hydrogen-bond donors (Lipinski definition) is 3. The van der Waals surface area contributed by atoms with Crippen LogP contribution in [0.5, 0.6) is 0 Å². The van der Waals surface area contributed by atoms with Crippen molar-refractivity contribution in [1.29, 1.82) is 0 Å². The van der Waals surface area contributed by atoms with Crippen molar-refractivity contribution < 1.29 is 15.3 Å². The quantitative estimate of drug-likeness (QED) is 0.520. The highest BCUT2D eigenvalue weighted by Gasteiger charge is 2.24. The van der Waals surface area contributed by atoms with Gasteiger partial charge in [0.25, 0.3) is 0 Å². The third-order valence-corrected chi connectivity index (χ3v) is 2.72. The van der Waals surface area contributed by atoms with Gasteiger partial charge >= 0.3 is 0 Å². The van der Waals surface area contributed by atoms with Crippen LogP contribution in [0.4, 0.5) is 0 Å². The molecule has 0 radical (unpaired) electrons. The molecule has 0 rings (SSSR count). The van der Waals surface area contributed by atoms with Gasteiger partial charge < -0.3 is 15.3 Å². The maximum atomic E-state index is 9.28. The highest BCUT2D eigenvalue weighted by atomic mass is 16.3. The Balaban J connectivity index is 3.90. The van der Waals surface area contributed by atoms with Crippen LogP contribution in [0.25, 0.3) is 0 Å². The zero-order chi connectivity index (χ0) is 11.0. The SMILES string of the molecule is CC(CO)CC(C)(CO)CCCCO. The van der Waals surface area contributed by atoms with E-state index in [9.17, 15) is 5.11 Å². The normalized spacial score (nSPS) is 17.8. The van der Waals surface area contributed by atoms with Gasteiger partial charge in [-0.05, 0) is 30.6 Å². The Bertz CT molecular complexity index is 138. The molecule has 0 saturated heterocycles. The molecule has 0 aromatic carbocycles. The molecule has 86 valence electrons. The molecular formula is C11H24O3. The second kappa shape index (κ2) is 7.21. The van der Waals surface area contributed by atoms with Gasteiger partial charge in [-0.3, -0.25) is 0 Å². The molecule has 0 aromatic rings. The first-order valence-corrected chi connectivity index (χ1v) is 5.40. The second-order valence-electron chi connectivity index (χ2n) is 4.64. The molecular weight excluding hydrogens is 180 g/mol. The van der Waals surface area contributed by atoms with Gasteiger partial charge in [-0.1, -0.05) is 20.3 Å². The summed E-state index contributed by atoms with van der Waals surface area (Å²) in [4.78, 5) is 0. The van der Waals surface area contributed by atoms with Crippen LogP contribution in [0.2, 0.25) is 0 Å². The van der Waals surface area contributed by atoms with E-state index in [0.29, 0.717) is 0 Å². The van der Waals surface area contributed by atoms with Crippen LogP contribution in [0.15, 0.2) is 0 Å². The number of unbranched alkanes of at least 4 members (excludes halogenated alkanes) is 1. The van der Waals surface area contributed by atoms with Crippen LogP contribution in [0.3, 0.4) is 0 Å². The predicted molar refractivity (Wildman–Crippen MR) is 57.0 cm³/mol. The monoisotopic (exact) mass is 204 g/mol. The first kappa shape index (κ1) is 13.9. The van der Waals surface area contributed by atoms with Crippen molar-refractivity contribution in [3.8, 4) is 0 Å². The average Bonchev–Trinajstić information content (AvgIpc) is 2.18. The Morgan fingerprint density at radius 1 is 1.14 bits per heavy atom. The molecule has 0 heterocycles. The van der Waals surface area contributed by atoms with Crippen molar-refractivity contribution in [2.45, 2.75) is 39.5 Å². The van der Waals surface area contributed by atoms with Crippen molar-refractivity contribution in [3.63, 3.8) is 0 Å². The molecule has 0 fully saturated rings. The molecule has 3 heteroatoms. The van der Waals surface area contributed by atoms with E-state index in [0.717, 1.165) is 25.7 Å². The molecule has 0 saturated carbocycles. The Morgan fingerprint density at radius 2 is 1.79 bits per heavy atom. The highest BCUT2D eigenvalue weighted by Crippen LogP contribution is 2.31. The molecule has 14 heavy (non-hydrogen) atoms. The number of aliphatic hydroxyl groups excluding tert-OH is 3. The van der Waals surface area contributed by atoms with E-state index in [1.54, 1.807) is 0 Å². The number of rotatable bonds is 8. The fraction of sp³-hybridized carbons (Fsp3) is 1.00. The first-order chi connectivity index (χ1) is 6.58. The number of hydrogen-bond acceptors (Lipinski definition) is 3. The maximum absolute atomic E-state index is 9.28. The van der Waals surface area contributed by atoms with Crippen molar-refractivity contribution in [2.24, 2.45) is 11.3 Å². The van der Waals surface area contributed by atoms with Gasteiger partial charge in [0.05, 0.1) is 0 Å². The van der Waals surface area contributed by atoms with Crippen LogP contribution in [-0.4, -0.2) is 35.1 Å². The zero-order valence-electron chi connectivity index (χ0n) is 9.37. The Kier molecular flexibility index (Phi) is 7.15. The van der Waals surface area contributed by atoms with Crippen LogP contribution >= 0.6 is 0 Å². The van der Waals surface area contributed by atoms with E-state index in [1.807, 2.05) is 13.8 Å². The molecule has 2 unspecified atom stereocenters. The summed E-state index contributed by atoms with van der Waals surface area (Å²) >= 11 is 0. The summed E-state index contributed by atoms with van der Waals surface area (Å²) in [6.07, 6.45) is 3.48. The molecule has 0 aliphatic heterocycles. The third kappa shape index (κ3) is 5.58. The van der Waals surface area contributed by atoms with Crippen molar-refractivity contribution in [3.05, 3.63) is 0 Å². The van der Waals surface area contributed by atoms with Gasteiger partial charge in [0, 0.05) is 19.8 Å². The largest absolute Gasteiger partial charge is 0.396 e. The van der Waals surface area contributed by atoms with Crippen molar-refractivity contribution >= 4 is 0 Å². The van der Waals surface area contributed by atoms with Crippen LogP contribution < -0.4 is 0 Å². The molecule has 0 spiro atoms. The standard InChI is InChI=1S/C11H24O3/c1-10(8-13)7-11(2,9-14)5-3-4-6-12/h10,12-14H,3-9H2,1-2H3. The molecule has 3 N–H and O–H groups in total. The summed E-state index contributed by atoms with van der Waals surface area (Å²) in [5.74, 6) is 0.237. The summed E-state index contributed by atoms with van der Waals surface area (Å²) in [5.41, 5.74) is -0.0999. The minimum atomic E-state index is -0.0999. The molecule has 2 atom stereocenters. The van der Waals surface area contributed by atoms with Crippen molar-refractivity contribution in [2.75, 3.05) is 19.8 Å².